The van der Waals surface area contributed by atoms with Crippen LogP contribution in [0.2, 0.25) is 5.15 Å². The van der Waals surface area contributed by atoms with E-state index in [0.717, 1.165) is 24.1 Å². The van der Waals surface area contributed by atoms with E-state index < -0.39 is 5.97 Å². The highest BCUT2D eigenvalue weighted by molar-refractivity contribution is 6.29. The first-order valence-electron chi connectivity index (χ1n) is 10.5. The van der Waals surface area contributed by atoms with Crippen LogP contribution in [-0.4, -0.2) is 52.3 Å². The third-order valence-corrected chi connectivity index (χ3v) is 5.92. The molecule has 1 aliphatic rings. The van der Waals surface area contributed by atoms with Crippen LogP contribution in [0.3, 0.4) is 0 Å². The van der Waals surface area contributed by atoms with Gasteiger partial charge < -0.3 is 20.1 Å². The van der Waals surface area contributed by atoms with Gasteiger partial charge in [-0.05, 0) is 44.0 Å². The van der Waals surface area contributed by atoms with Crippen molar-refractivity contribution in [2.75, 3.05) is 30.4 Å². The Morgan fingerprint density at radius 2 is 2.15 bits per heavy atom. The highest BCUT2D eigenvalue weighted by Gasteiger charge is 2.27. The molecule has 2 aromatic heterocycles. The molecule has 1 fully saturated rings. The van der Waals surface area contributed by atoms with E-state index in [9.17, 15) is 15.2 Å². The first-order chi connectivity index (χ1) is 15.8. The molecule has 1 aliphatic heterocycles. The molecule has 0 radical (unpaired) electrons. The van der Waals surface area contributed by atoms with Gasteiger partial charge in [0.15, 0.2) is 17.2 Å². The number of aromatic carboxylic acids is 1. The minimum absolute atomic E-state index is 0.0824. The monoisotopic (exact) mass is 466 g/mol. The summed E-state index contributed by atoms with van der Waals surface area (Å²) in [6.07, 6.45) is 0.931. The second-order valence-corrected chi connectivity index (χ2v) is 8.41. The predicted molar refractivity (Wildman–Crippen MR) is 125 cm³/mol. The Hall–Kier alpha value is -3.48. The zero-order valence-corrected chi connectivity index (χ0v) is 19.2. The van der Waals surface area contributed by atoms with E-state index in [1.165, 1.54) is 6.07 Å². The molecule has 0 aliphatic carbocycles. The maximum Gasteiger partial charge on any atom is 0.356 e. The summed E-state index contributed by atoms with van der Waals surface area (Å²) < 4.78 is 5.46. The van der Waals surface area contributed by atoms with E-state index >= 15 is 0 Å². The predicted octanol–water partition coefficient (Wildman–Crippen LogP) is 3.95. The molecule has 0 bridgehead atoms. The van der Waals surface area contributed by atoms with Crippen LogP contribution in [0.5, 0.6) is 0 Å². The van der Waals surface area contributed by atoms with Crippen LogP contribution in [0, 0.1) is 18.3 Å². The van der Waals surface area contributed by atoms with Crippen molar-refractivity contribution in [3.63, 3.8) is 0 Å². The number of hydrogen-bond donors (Lipinski definition) is 2. The van der Waals surface area contributed by atoms with Crippen LogP contribution in [0.1, 0.15) is 46.7 Å². The highest BCUT2D eigenvalue weighted by atomic mass is 35.5. The van der Waals surface area contributed by atoms with Crippen molar-refractivity contribution >= 4 is 40.1 Å². The smallest absolute Gasteiger partial charge is 0.356 e. The number of anilines is 2. The van der Waals surface area contributed by atoms with Crippen molar-refractivity contribution in [3.05, 3.63) is 51.9 Å². The molecule has 2 atom stereocenters. The molecule has 0 saturated carbocycles. The van der Waals surface area contributed by atoms with Crippen molar-refractivity contribution in [2.45, 2.75) is 32.4 Å². The molecule has 0 spiro atoms. The molecular weight excluding hydrogens is 444 g/mol. The zero-order chi connectivity index (χ0) is 23.7. The molecule has 1 aromatic carbocycles. The molecule has 3 aromatic rings. The average Bonchev–Trinajstić information content (AvgIpc) is 3.27. The summed E-state index contributed by atoms with van der Waals surface area (Å²) in [5.74, 6) is -0.648. The summed E-state index contributed by atoms with van der Waals surface area (Å²) in [7, 11) is 1.68. The lowest BCUT2D eigenvalue weighted by molar-refractivity contribution is 0.0691. The van der Waals surface area contributed by atoms with Crippen LogP contribution in [-0.2, 0) is 4.74 Å². The molecular formula is C23H23ClN6O3. The minimum atomic E-state index is -1.18. The highest BCUT2D eigenvalue weighted by Crippen LogP contribution is 2.31. The van der Waals surface area contributed by atoms with E-state index in [1.807, 2.05) is 30.9 Å². The third-order valence-electron chi connectivity index (χ3n) is 5.71. The van der Waals surface area contributed by atoms with Gasteiger partial charge in [0.25, 0.3) is 0 Å². The number of nitrogens with one attached hydrogen (secondary N) is 1. The lowest BCUT2D eigenvalue weighted by atomic mass is 10.0. The molecule has 10 heteroatoms. The molecule has 3 heterocycles. The van der Waals surface area contributed by atoms with Crippen molar-refractivity contribution < 1.29 is 14.6 Å². The summed E-state index contributed by atoms with van der Waals surface area (Å²) in [5.41, 5.74) is 3.49. The molecule has 1 saturated heterocycles. The van der Waals surface area contributed by atoms with Gasteiger partial charge in [-0.3, -0.25) is 0 Å². The lowest BCUT2D eigenvalue weighted by Gasteiger charge is -2.22. The second kappa shape index (κ2) is 9.17. The number of pyridine rings is 1. The fourth-order valence-electron chi connectivity index (χ4n) is 4.09. The quantitative estimate of drug-likeness (QED) is 0.519. The van der Waals surface area contributed by atoms with E-state index in [4.69, 9.17) is 21.3 Å². The summed E-state index contributed by atoms with van der Waals surface area (Å²) >= 11 is 5.88. The lowest BCUT2D eigenvalue weighted by Crippen LogP contribution is -2.24. The maximum absolute atomic E-state index is 11.6. The first kappa shape index (κ1) is 22.7. The van der Waals surface area contributed by atoms with Crippen LogP contribution in [0.4, 0.5) is 11.5 Å². The summed E-state index contributed by atoms with van der Waals surface area (Å²) in [6.45, 7) is 5.21. The Labute approximate surface area is 196 Å². The number of nitrogens with zero attached hydrogens (tertiary/aromatic N) is 5. The summed E-state index contributed by atoms with van der Waals surface area (Å²) in [4.78, 5) is 27.1. The number of carbonyl (C=O) groups is 1. The number of carboxylic acid groups (broad SMARTS) is 1. The number of halogens is 1. The largest absolute Gasteiger partial charge is 0.476 e. The molecule has 0 amide bonds. The molecule has 2 N–H and O–H groups in total. The second-order valence-electron chi connectivity index (χ2n) is 8.02. The Morgan fingerprint density at radius 3 is 2.82 bits per heavy atom. The van der Waals surface area contributed by atoms with Gasteiger partial charge in [0.1, 0.15) is 11.2 Å². The Kier molecular flexibility index (Phi) is 6.31. The van der Waals surface area contributed by atoms with Gasteiger partial charge in [-0.1, -0.05) is 17.7 Å². The number of methoxy groups -OCH3 is 1. The molecule has 170 valence electrons. The number of hydrogen-bond acceptors (Lipinski definition) is 8. The van der Waals surface area contributed by atoms with E-state index in [-0.39, 0.29) is 28.7 Å². The van der Waals surface area contributed by atoms with Crippen molar-refractivity contribution in [1.29, 1.82) is 5.26 Å². The van der Waals surface area contributed by atoms with Crippen LogP contribution in [0.15, 0.2) is 24.3 Å². The molecule has 1 unspecified atom stereocenters. The Bertz CT molecular complexity index is 1280. The summed E-state index contributed by atoms with van der Waals surface area (Å²) in [5, 5.41) is 22.6. The molecule has 9 nitrogen and oxygen atoms in total. The van der Waals surface area contributed by atoms with E-state index in [0.29, 0.717) is 29.1 Å². The number of nitriles is 1. The standard InChI is InChI=1S/C23H23ClN6O3/c1-12-8-15(13(2)26-16-4-5-19(24)28-21(16)23(31)32)20-17(9-12)27-18(10-25)22(29-20)30-7-6-14(11-30)33-3/h4-5,8-9,13-14,26H,6-7,11H2,1-3H3,(H,31,32)/t13-,14?/m1/s1. The molecule has 33 heavy (non-hydrogen) atoms. The fraction of sp³-hybridized carbons (Fsp3) is 0.348. The van der Waals surface area contributed by atoms with Crippen LogP contribution >= 0.6 is 11.6 Å². The van der Waals surface area contributed by atoms with E-state index in [2.05, 4.69) is 21.4 Å². The normalized spacial score (nSPS) is 16.6. The fourth-order valence-corrected chi connectivity index (χ4v) is 4.24. The van der Waals surface area contributed by atoms with Gasteiger partial charge in [-0.25, -0.2) is 19.7 Å². The first-order valence-corrected chi connectivity index (χ1v) is 10.8. The third kappa shape index (κ3) is 4.53. The Morgan fingerprint density at radius 1 is 1.36 bits per heavy atom. The van der Waals surface area contributed by atoms with Gasteiger partial charge in [-0.2, -0.15) is 5.26 Å². The Balaban J connectivity index is 1.78. The van der Waals surface area contributed by atoms with Crippen LogP contribution < -0.4 is 10.2 Å². The van der Waals surface area contributed by atoms with Gasteiger partial charge >= 0.3 is 5.97 Å². The number of fused-ring (bicyclic) bond motifs is 1. The number of benzene rings is 1. The number of carboxylic acids is 1. The number of aryl methyl sites for hydroxylation is 1. The van der Waals surface area contributed by atoms with Crippen LogP contribution in [0.25, 0.3) is 11.0 Å². The maximum atomic E-state index is 11.6. The SMILES string of the molecule is COC1CCN(c2nc3c([C@@H](C)Nc4ccc(Cl)nc4C(=O)O)cc(C)cc3nc2C#N)C1. The van der Waals surface area contributed by atoms with Crippen molar-refractivity contribution in [2.24, 2.45) is 0 Å². The van der Waals surface area contributed by atoms with Gasteiger partial charge in [0.05, 0.1) is 28.9 Å². The van der Waals surface area contributed by atoms with Gasteiger partial charge in [0.2, 0.25) is 0 Å². The number of rotatable bonds is 6. The van der Waals surface area contributed by atoms with Crippen molar-refractivity contribution in [3.8, 4) is 6.07 Å². The number of ether oxygens (including phenoxy) is 1. The average molecular weight is 467 g/mol. The van der Waals surface area contributed by atoms with Crippen molar-refractivity contribution in [1.82, 2.24) is 15.0 Å². The minimum Gasteiger partial charge on any atom is -0.476 e. The van der Waals surface area contributed by atoms with Gasteiger partial charge in [0, 0.05) is 25.8 Å². The topological polar surface area (TPSA) is 124 Å². The van der Waals surface area contributed by atoms with Gasteiger partial charge in [-0.15, -0.1) is 0 Å². The summed E-state index contributed by atoms with van der Waals surface area (Å²) in [6, 6.07) is 8.84. The molecule has 4 rings (SSSR count). The zero-order valence-electron chi connectivity index (χ0n) is 18.5. The number of aromatic nitrogens is 3. The van der Waals surface area contributed by atoms with E-state index in [1.54, 1.807) is 13.2 Å².